The Morgan fingerprint density at radius 1 is 1.16 bits per heavy atom. The molecule has 4 fully saturated rings. The summed E-state index contributed by atoms with van der Waals surface area (Å²) in [7, 11) is 1.04. The van der Waals surface area contributed by atoms with Gasteiger partial charge in [-0.15, -0.1) is 0 Å². The summed E-state index contributed by atoms with van der Waals surface area (Å²) in [4.78, 5) is 51.7. The topological polar surface area (TPSA) is 171 Å². The van der Waals surface area contributed by atoms with E-state index in [-0.39, 0.29) is 37.9 Å². The fourth-order valence-corrected chi connectivity index (χ4v) is 14.4. The average molecular weight is 882 g/mol. The Morgan fingerprint density at radius 2 is 1.92 bits per heavy atom. The first-order chi connectivity index (χ1) is 29.2. The van der Waals surface area contributed by atoms with Crippen LogP contribution in [0.1, 0.15) is 57.7 Å². The number of benzene rings is 1. The summed E-state index contributed by atoms with van der Waals surface area (Å²) in [6.45, 7) is 6.19. The molecule has 0 amide bonds. The summed E-state index contributed by atoms with van der Waals surface area (Å²) < 4.78 is 76.5. The molecule has 62 heavy (non-hydrogen) atoms. The number of carbonyl (C=O) groups is 3. The van der Waals surface area contributed by atoms with Gasteiger partial charge < -0.3 is 29.2 Å². The highest BCUT2D eigenvalue weighted by atomic mass is 32.2. The monoisotopic (exact) mass is 881 g/mol. The number of anilines is 1. The lowest BCUT2D eigenvalue weighted by molar-refractivity contribution is -0.226. The van der Waals surface area contributed by atoms with Crippen LogP contribution >= 0.6 is 0 Å². The Balaban J connectivity index is 1.32. The van der Waals surface area contributed by atoms with Crippen LogP contribution in [0.4, 0.5) is 14.5 Å². The van der Waals surface area contributed by atoms with E-state index >= 15 is 13.6 Å². The van der Waals surface area contributed by atoms with Gasteiger partial charge in [0, 0.05) is 104 Å². The summed E-state index contributed by atoms with van der Waals surface area (Å²) >= 11 is 0. The number of aromatic amines is 1. The number of hydrogen-bond donors (Lipinski definition) is 3. The van der Waals surface area contributed by atoms with Crippen LogP contribution in [-0.2, 0) is 50.6 Å². The molecule has 0 radical (unpaired) electrons. The van der Waals surface area contributed by atoms with Crippen LogP contribution in [0.15, 0.2) is 53.8 Å². The number of allylic oxidation sites excluding steroid dienone is 1. The van der Waals surface area contributed by atoms with E-state index in [9.17, 15) is 23.1 Å². The quantitative estimate of drug-likeness (QED) is 0.188. The first kappa shape index (κ1) is 43.1. The third-order valence-electron chi connectivity index (χ3n) is 15.8. The summed E-state index contributed by atoms with van der Waals surface area (Å²) in [5.74, 6) is -6.39. The molecule has 3 saturated heterocycles. The van der Waals surface area contributed by atoms with Gasteiger partial charge in [0.05, 0.1) is 25.5 Å². The van der Waals surface area contributed by atoms with Gasteiger partial charge in [0.15, 0.2) is 11.9 Å². The number of fused-ring (bicyclic) bond motifs is 6. The highest BCUT2D eigenvalue weighted by Gasteiger charge is 2.79. The van der Waals surface area contributed by atoms with Crippen LogP contribution < -0.4 is 4.72 Å². The SMILES string of the molecule is CC[C@]12C=CCN3CC[C@@]4(C5=CC([C@@]6(C(=O)OC)C[C@H]7CC(C(C)(F)F)CN(Cc8c6[nH]c6ccc(NS(C)(=O)=O)cc86)C7)C(OC)C=C5N(C)[C@H]4[C@@](O)(C=O)[C@@H]1OC(C)=O)[C@@H]32. The number of alkyl halides is 2. The second kappa shape index (κ2) is 14.4. The second-order valence-corrected chi connectivity index (χ2v) is 20.9. The van der Waals surface area contributed by atoms with E-state index in [0.717, 1.165) is 24.4 Å². The van der Waals surface area contributed by atoms with Crippen LogP contribution in [0.5, 0.6) is 0 Å². The zero-order valence-electron chi connectivity index (χ0n) is 36.2. The molecule has 4 unspecified atom stereocenters. The van der Waals surface area contributed by atoms with Gasteiger partial charge >= 0.3 is 11.9 Å². The average Bonchev–Trinajstić information content (AvgIpc) is 3.86. The fraction of sp³-hybridized carbons (Fsp3) is 0.622. The molecule has 1 saturated carbocycles. The zero-order chi connectivity index (χ0) is 44.5. The molecular formula is C45H57F2N5O9S. The van der Waals surface area contributed by atoms with Crippen molar-refractivity contribution in [2.24, 2.45) is 28.6 Å². The van der Waals surface area contributed by atoms with Gasteiger partial charge in [-0.2, -0.15) is 0 Å². The molecule has 17 heteroatoms. The lowest BCUT2D eigenvalue weighted by Gasteiger charge is -2.63. The van der Waals surface area contributed by atoms with Gasteiger partial charge in [-0.3, -0.25) is 28.9 Å². The Morgan fingerprint density at radius 3 is 2.56 bits per heavy atom. The predicted octanol–water partition coefficient (Wildman–Crippen LogP) is 4.12. The molecule has 1 aromatic heterocycles. The van der Waals surface area contributed by atoms with Crippen molar-refractivity contribution < 1.29 is 50.9 Å². The van der Waals surface area contributed by atoms with E-state index in [0.29, 0.717) is 66.6 Å². The van der Waals surface area contributed by atoms with E-state index < -0.39 is 79.8 Å². The van der Waals surface area contributed by atoms with Gasteiger partial charge in [-0.1, -0.05) is 25.2 Å². The van der Waals surface area contributed by atoms with E-state index in [1.165, 1.54) is 14.0 Å². The van der Waals surface area contributed by atoms with Gasteiger partial charge in [-0.05, 0) is 80.5 Å². The van der Waals surface area contributed by atoms with Crippen molar-refractivity contribution in [1.29, 1.82) is 0 Å². The fourth-order valence-electron chi connectivity index (χ4n) is 13.8. The predicted molar refractivity (Wildman–Crippen MR) is 225 cm³/mol. The summed E-state index contributed by atoms with van der Waals surface area (Å²) in [6, 6.07) is 3.86. The number of likely N-dealkylation sites (N-methyl/N-ethyl adjacent to an activating group) is 1. The molecule has 2 bridgehead atoms. The number of rotatable bonds is 9. The minimum atomic E-state index is -3.67. The Labute approximate surface area is 360 Å². The summed E-state index contributed by atoms with van der Waals surface area (Å²) in [6.07, 6.45) is 8.91. The molecule has 7 aliphatic rings. The van der Waals surface area contributed by atoms with Gasteiger partial charge in [0.2, 0.25) is 15.9 Å². The van der Waals surface area contributed by atoms with Crippen molar-refractivity contribution in [2.75, 3.05) is 58.4 Å². The minimum absolute atomic E-state index is 0.116. The van der Waals surface area contributed by atoms with Crippen LogP contribution in [-0.4, -0.2) is 141 Å². The molecular weight excluding hydrogens is 825 g/mol. The maximum absolute atomic E-state index is 15.4. The number of nitrogens with zero attached hydrogens (tertiary/aromatic N) is 3. The smallest absolute Gasteiger partial charge is 0.318 e. The number of ether oxygens (including phenoxy) is 3. The molecule has 3 N–H and O–H groups in total. The third kappa shape index (κ3) is 5.96. The van der Waals surface area contributed by atoms with Crippen molar-refractivity contribution in [3.8, 4) is 0 Å². The van der Waals surface area contributed by atoms with Crippen LogP contribution in [0.2, 0.25) is 0 Å². The Bertz CT molecular complexity index is 2430. The number of carbonyl (C=O) groups excluding carboxylic acids is 3. The molecule has 336 valence electrons. The number of sulfonamides is 1. The number of methoxy groups -OCH3 is 2. The van der Waals surface area contributed by atoms with Crippen molar-refractivity contribution in [2.45, 2.75) is 94.2 Å². The molecule has 14 nitrogen and oxygen atoms in total. The first-order valence-electron chi connectivity index (χ1n) is 21.5. The largest absolute Gasteiger partial charge is 0.468 e. The molecule has 1 spiro atoms. The number of aliphatic hydroxyl groups is 1. The number of hydrogen-bond acceptors (Lipinski definition) is 12. The van der Waals surface area contributed by atoms with Crippen molar-refractivity contribution in [3.63, 3.8) is 0 Å². The normalized spacial score (nSPS) is 38.7. The number of H-pyrrole nitrogens is 1. The molecule has 2 aliphatic carbocycles. The van der Waals surface area contributed by atoms with Gasteiger partial charge in [0.1, 0.15) is 11.5 Å². The molecule has 12 atom stereocenters. The van der Waals surface area contributed by atoms with Crippen molar-refractivity contribution in [3.05, 3.63) is 65.0 Å². The molecule has 1 aromatic carbocycles. The Kier molecular flexibility index (Phi) is 10.0. The van der Waals surface area contributed by atoms with Gasteiger partial charge in [-0.25, -0.2) is 17.2 Å². The number of nitrogens with one attached hydrogen (secondary N) is 2. The van der Waals surface area contributed by atoms with Crippen LogP contribution in [0.3, 0.4) is 0 Å². The highest BCUT2D eigenvalue weighted by Crippen LogP contribution is 2.70. The number of esters is 2. The first-order valence-corrected chi connectivity index (χ1v) is 23.4. The van der Waals surface area contributed by atoms with Crippen molar-refractivity contribution in [1.82, 2.24) is 19.7 Å². The summed E-state index contributed by atoms with van der Waals surface area (Å²) in [5.41, 5.74) is -1.96. The molecule has 2 aromatic rings. The number of piperidine rings is 1. The van der Waals surface area contributed by atoms with Gasteiger partial charge in [0.25, 0.3) is 0 Å². The van der Waals surface area contributed by atoms with E-state index in [1.807, 2.05) is 42.0 Å². The maximum atomic E-state index is 15.4. The zero-order valence-corrected chi connectivity index (χ0v) is 37.1. The molecule has 9 rings (SSSR count). The van der Waals surface area contributed by atoms with E-state index in [1.54, 1.807) is 25.3 Å². The van der Waals surface area contributed by atoms with Crippen molar-refractivity contribution >= 4 is 44.8 Å². The number of halogens is 2. The minimum Gasteiger partial charge on any atom is -0.468 e. The van der Waals surface area contributed by atoms with Crippen LogP contribution in [0, 0.1) is 28.6 Å². The lowest BCUT2D eigenvalue weighted by atomic mass is 9.47. The van der Waals surface area contributed by atoms with Crippen LogP contribution in [0.25, 0.3) is 10.9 Å². The number of aromatic nitrogens is 1. The highest BCUT2D eigenvalue weighted by molar-refractivity contribution is 7.92. The number of aldehydes is 1. The standard InChI is InChI=1S/C45H57F2N5O9S/c1-8-42-12-9-14-52-15-13-43(37(42)52)31-18-32(35(59-5)19-34(31)50(4)38(43)45(56,24-53)39(42)61-25(2)54)44(40(55)60-6)20-26-16-27(41(3,46)47)22-51(21-26)23-30-29-17-28(49-62(7,57)58)10-11-33(29)48-36(30)44/h9-12,17-19,24,26-27,32,35,37-39,48-49,56H,8,13-16,20-23H2,1-7H3/t26-,27?,32?,35?,37+,38-,39-,42-,43-,44+,45+/m1/s1. The summed E-state index contributed by atoms with van der Waals surface area (Å²) in [5, 5.41) is 13.6. The molecule has 6 heterocycles. The Hall–Kier alpha value is -4.16. The molecule has 5 aliphatic heterocycles. The van der Waals surface area contributed by atoms with E-state index in [4.69, 9.17) is 14.2 Å². The lowest BCUT2D eigenvalue weighted by Crippen LogP contribution is -2.78. The second-order valence-electron chi connectivity index (χ2n) is 19.2. The maximum Gasteiger partial charge on any atom is 0.318 e. The third-order valence-corrected chi connectivity index (χ3v) is 16.4. The number of likely N-dealkylation sites (tertiary alicyclic amines) is 1. The van der Waals surface area contributed by atoms with E-state index in [2.05, 4.69) is 20.7 Å².